The van der Waals surface area contributed by atoms with E-state index < -0.39 is 0 Å². The van der Waals surface area contributed by atoms with E-state index in [1.54, 1.807) is 44.5 Å². The lowest BCUT2D eigenvalue weighted by Crippen LogP contribution is -2.33. The smallest absolute Gasteiger partial charge is 0.322 e. The highest BCUT2D eigenvalue weighted by Crippen LogP contribution is 2.30. The lowest BCUT2D eigenvalue weighted by Gasteiger charge is -2.26. The summed E-state index contributed by atoms with van der Waals surface area (Å²) in [6.45, 7) is 1.87. The highest BCUT2D eigenvalue weighted by Gasteiger charge is 2.19. The van der Waals surface area contributed by atoms with Gasteiger partial charge in [0, 0.05) is 13.1 Å². The third kappa shape index (κ3) is 3.95. The summed E-state index contributed by atoms with van der Waals surface area (Å²) in [5.41, 5.74) is 1.39. The number of anilines is 1. The molecule has 0 aliphatic rings. The fourth-order valence-corrected chi connectivity index (χ4v) is 2.25. The molecule has 24 heavy (non-hydrogen) atoms. The summed E-state index contributed by atoms with van der Waals surface area (Å²) in [5, 5.41) is 2.81. The Kier molecular flexibility index (Phi) is 5.63. The van der Waals surface area contributed by atoms with Crippen molar-refractivity contribution in [1.82, 2.24) is 4.90 Å². The standard InChI is InChI=1S/C18H21FN2O3/c1-12(13-5-7-14(19)8-6-13)21(2)18(22)20-16-10-9-15(23-3)11-17(16)24-4/h5-12H,1-4H3,(H,20,22). The van der Waals surface area contributed by atoms with Crippen LogP contribution in [0.3, 0.4) is 0 Å². The van der Waals surface area contributed by atoms with Gasteiger partial charge in [-0.25, -0.2) is 9.18 Å². The molecule has 2 amide bonds. The first-order valence-corrected chi connectivity index (χ1v) is 7.47. The van der Waals surface area contributed by atoms with Crippen LogP contribution in [0.5, 0.6) is 11.5 Å². The number of halogens is 1. The van der Waals surface area contributed by atoms with Gasteiger partial charge >= 0.3 is 6.03 Å². The molecule has 0 spiro atoms. The molecule has 0 bridgehead atoms. The van der Waals surface area contributed by atoms with Crippen LogP contribution >= 0.6 is 0 Å². The van der Waals surface area contributed by atoms with Crippen LogP contribution in [0.4, 0.5) is 14.9 Å². The highest BCUT2D eigenvalue weighted by atomic mass is 19.1. The zero-order valence-electron chi connectivity index (χ0n) is 14.2. The number of urea groups is 1. The Bertz CT molecular complexity index is 704. The van der Waals surface area contributed by atoms with Crippen molar-refractivity contribution in [3.05, 3.63) is 53.8 Å². The zero-order chi connectivity index (χ0) is 17.7. The molecule has 0 saturated heterocycles. The second kappa shape index (κ2) is 7.68. The molecule has 2 aromatic carbocycles. The summed E-state index contributed by atoms with van der Waals surface area (Å²) in [4.78, 5) is 14.0. The van der Waals surface area contributed by atoms with Gasteiger partial charge in [0.1, 0.15) is 17.3 Å². The number of hydrogen-bond acceptors (Lipinski definition) is 3. The Morgan fingerprint density at radius 1 is 1.12 bits per heavy atom. The van der Waals surface area contributed by atoms with E-state index in [0.717, 1.165) is 5.56 Å². The molecule has 2 rings (SSSR count). The summed E-state index contributed by atoms with van der Waals surface area (Å²) in [6.07, 6.45) is 0. The number of hydrogen-bond donors (Lipinski definition) is 1. The molecule has 0 aliphatic carbocycles. The van der Waals surface area contributed by atoms with Crippen LogP contribution in [-0.2, 0) is 0 Å². The maximum absolute atomic E-state index is 13.0. The van der Waals surface area contributed by atoms with Gasteiger partial charge < -0.3 is 19.7 Å². The minimum absolute atomic E-state index is 0.213. The summed E-state index contributed by atoms with van der Waals surface area (Å²) in [6, 6.07) is 10.7. The van der Waals surface area contributed by atoms with Gasteiger partial charge in [0.15, 0.2) is 0 Å². The van der Waals surface area contributed by atoms with E-state index in [-0.39, 0.29) is 17.9 Å². The van der Waals surface area contributed by atoms with Gasteiger partial charge in [-0.15, -0.1) is 0 Å². The Labute approximate surface area is 141 Å². The second-order valence-corrected chi connectivity index (χ2v) is 5.33. The molecular formula is C18H21FN2O3. The Balaban J connectivity index is 2.12. The SMILES string of the molecule is COc1ccc(NC(=O)N(C)C(C)c2ccc(F)cc2)c(OC)c1. The first kappa shape index (κ1) is 17.6. The molecule has 1 atom stereocenters. The Hall–Kier alpha value is -2.76. The predicted molar refractivity (Wildman–Crippen MR) is 91.1 cm³/mol. The summed E-state index contributed by atoms with van der Waals surface area (Å²) in [5.74, 6) is 0.837. The van der Waals surface area contributed by atoms with Gasteiger partial charge in [0.25, 0.3) is 0 Å². The van der Waals surface area contributed by atoms with Gasteiger partial charge in [-0.05, 0) is 36.8 Å². The third-order valence-corrected chi connectivity index (χ3v) is 3.90. The highest BCUT2D eigenvalue weighted by molar-refractivity contribution is 5.91. The van der Waals surface area contributed by atoms with Crippen molar-refractivity contribution < 1.29 is 18.7 Å². The van der Waals surface area contributed by atoms with Crippen LogP contribution in [-0.4, -0.2) is 32.2 Å². The summed E-state index contributed by atoms with van der Waals surface area (Å²) < 4.78 is 23.4. The van der Waals surface area contributed by atoms with Crippen LogP contribution in [0.1, 0.15) is 18.5 Å². The van der Waals surface area contributed by atoms with Gasteiger partial charge in [0.05, 0.1) is 25.9 Å². The Morgan fingerprint density at radius 2 is 1.79 bits per heavy atom. The van der Waals surface area contributed by atoms with Crippen molar-refractivity contribution in [1.29, 1.82) is 0 Å². The van der Waals surface area contributed by atoms with Crippen molar-refractivity contribution in [2.45, 2.75) is 13.0 Å². The number of carbonyl (C=O) groups excluding carboxylic acids is 1. The number of carbonyl (C=O) groups is 1. The average molecular weight is 332 g/mol. The Morgan fingerprint density at radius 3 is 2.38 bits per heavy atom. The first-order valence-electron chi connectivity index (χ1n) is 7.47. The normalized spacial score (nSPS) is 11.5. The van der Waals surface area contributed by atoms with Gasteiger partial charge in [-0.2, -0.15) is 0 Å². The van der Waals surface area contributed by atoms with Crippen molar-refractivity contribution in [2.75, 3.05) is 26.6 Å². The summed E-state index contributed by atoms with van der Waals surface area (Å²) in [7, 11) is 4.76. The fraction of sp³-hybridized carbons (Fsp3) is 0.278. The molecule has 0 fully saturated rings. The molecule has 0 radical (unpaired) electrons. The fourth-order valence-electron chi connectivity index (χ4n) is 2.25. The maximum atomic E-state index is 13.0. The van der Waals surface area contributed by atoms with Gasteiger partial charge in [-0.3, -0.25) is 0 Å². The minimum Gasteiger partial charge on any atom is -0.497 e. The molecule has 0 aliphatic heterocycles. The molecule has 2 aromatic rings. The molecular weight excluding hydrogens is 311 g/mol. The van der Waals surface area contributed by atoms with E-state index in [0.29, 0.717) is 17.2 Å². The van der Waals surface area contributed by atoms with Crippen molar-refractivity contribution in [2.24, 2.45) is 0 Å². The van der Waals surface area contributed by atoms with Gasteiger partial charge in [-0.1, -0.05) is 12.1 Å². The molecule has 0 aromatic heterocycles. The van der Waals surface area contributed by atoms with Crippen molar-refractivity contribution in [3.8, 4) is 11.5 Å². The molecule has 0 saturated carbocycles. The maximum Gasteiger partial charge on any atom is 0.322 e. The number of methoxy groups -OCH3 is 2. The number of ether oxygens (including phenoxy) is 2. The van der Waals surface area contributed by atoms with Crippen LogP contribution in [0, 0.1) is 5.82 Å². The van der Waals surface area contributed by atoms with E-state index in [1.807, 2.05) is 6.92 Å². The third-order valence-electron chi connectivity index (χ3n) is 3.90. The number of rotatable bonds is 5. The van der Waals surface area contributed by atoms with Crippen LogP contribution in [0.15, 0.2) is 42.5 Å². The van der Waals surface area contributed by atoms with E-state index >= 15 is 0 Å². The van der Waals surface area contributed by atoms with E-state index in [4.69, 9.17) is 9.47 Å². The predicted octanol–water partition coefficient (Wildman–Crippen LogP) is 4.07. The van der Waals surface area contributed by atoms with E-state index in [9.17, 15) is 9.18 Å². The molecule has 1 unspecified atom stereocenters. The van der Waals surface area contributed by atoms with Crippen molar-refractivity contribution >= 4 is 11.7 Å². The van der Waals surface area contributed by atoms with Crippen LogP contribution in [0.25, 0.3) is 0 Å². The number of nitrogens with zero attached hydrogens (tertiary/aromatic N) is 1. The molecule has 5 nitrogen and oxygen atoms in total. The number of nitrogens with one attached hydrogen (secondary N) is 1. The lowest BCUT2D eigenvalue weighted by atomic mass is 10.1. The topological polar surface area (TPSA) is 50.8 Å². The number of benzene rings is 2. The second-order valence-electron chi connectivity index (χ2n) is 5.33. The molecule has 0 heterocycles. The molecule has 128 valence electrons. The van der Waals surface area contributed by atoms with E-state index in [1.165, 1.54) is 24.1 Å². The van der Waals surface area contributed by atoms with Crippen LogP contribution < -0.4 is 14.8 Å². The minimum atomic E-state index is -0.305. The van der Waals surface area contributed by atoms with Crippen LogP contribution in [0.2, 0.25) is 0 Å². The number of amides is 2. The molecule has 1 N–H and O–H groups in total. The van der Waals surface area contributed by atoms with Crippen molar-refractivity contribution in [3.63, 3.8) is 0 Å². The quantitative estimate of drug-likeness (QED) is 0.898. The average Bonchev–Trinajstić information content (AvgIpc) is 2.61. The molecule has 6 heteroatoms. The zero-order valence-corrected chi connectivity index (χ0v) is 14.2. The summed E-state index contributed by atoms with van der Waals surface area (Å²) >= 11 is 0. The monoisotopic (exact) mass is 332 g/mol. The largest absolute Gasteiger partial charge is 0.497 e. The van der Waals surface area contributed by atoms with Gasteiger partial charge in [0.2, 0.25) is 0 Å². The van der Waals surface area contributed by atoms with E-state index in [2.05, 4.69) is 5.32 Å². The first-order chi connectivity index (χ1) is 11.5. The lowest BCUT2D eigenvalue weighted by molar-refractivity contribution is 0.208.